The molecule has 0 aliphatic carbocycles. The molecule has 1 heterocycles. The number of carbonyl (C=O) groups excluding carboxylic acids is 1. The van der Waals surface area contributed by atoms with Gasteiger partial charge in [0.1, 0.15) is 5.75 Å². The lowest BCUT2D eigenvalue weighted by molar-refractivity contribution is 0.112. The van der Waals surface area contributed by atoms with Crippen LogP contribution in [0, 0.1) is 0 Å². The van der Waals surface area contributed by atoms with Crippen molar-refractivity contribution in [1.29, 1.82) is 0 Å². The molecule has 0 spiro atoms. The van der Waals surface area contributed by atoms with E-state index in [-0.39, 0.29) is 0 Å². The van der Waals surface area contributed by atoms with Gasteiger partial charge in [0.05, 0.1) is 23.2 Å². The number of aromatic nitrogens is 1. The summed E-state index contributed by atoms with van der Waals surface area (Å²) in [5.41, 5.74) is 2.60. The number of benzene rings is 2. The molecule has 0 aliphatic heterocycles. The number of methoxy groups -OCH3 is 1. The van der Waals surface area contributed by atoms with E-state index in [9.17, 15) is 4.79 Å². The maximum absolute atomic E-state index is 11.4. The van der Waals surface area contributed by atoms with Crippen LogP contribution in [-0.2, 0) is 6.54 Å². The van der Waals surface area contributed by atoms with Crippen molar-refractivity contribution >= 4 is 28.8 Å². The quantitative estimate of drug-likeness (QED) is 0.677. The predicted molar refractivity (Wildman–Crippen MR) is 84.4 cm³/mol. The standard InChI is InChI=1S/C17H14ClNO2/c1-21-17-14(11-20)13-7-8-19(16(13)9-15(17)18)10-12-5-3-2-4-6-12/h2-9,11H,10H2,1H3. The minimum Gasteiger partial charge on any atom is -0.494 e. The van der Waals surface area contributed by atoms with E-state index in [4.69, 9.17) is 16.3 Å². The highest BCUT2D eigenvalue weighted by Gasteiger charge is 2.15. The van der Waals surface area contributed by atoms with Crippen LogP contribution in [-0.4, -0.2) is 18.0 Å². The number of hydrogen-bond donors (Lipinski definition) is 0. The summed E-state index contributed by atoms with van der Waals surface area (Å²) in [6.45, 7) is 0.727. The first-order valence-electron chi connectivity index (χ1n) is 6.59. The van der Waals surface area contributed by atoms with Gasteiger partial charge in [0, 0.05) is 18.1 Å². The predicted octanol–water partition coefficient (Wildman–Crippen LogP) is 4.16. The van der Waals surface area contributed by atoms with Gasteiger partial charge in [0.15, 0.2) is 6.29 Å². The van der Waals surface area contributed by atoms with Crippen LogP contribution in [0.25, 0.3) is 10.9 Å². The molecule has 0 aliphatic rings. The molecule has 21 heavy (non-hydrogen) atoms. The summed E-state index contributed by atoms with van der Waals surface area (Å²) in [6.07, 6.45) is 2.75. The molecule has 0 bridgehead atoms. The zero-order chi connectivity index (χ0) is 14.8. The largest absolute Gasteiger partial charge is 0.494 e. The first kappa shape index (κ1) is 13.7. The Kier molecular flexibility index (Phi) is 3.67. The van der Waals surface area contributed by atoms with Crippen molar-refractivity contribution in [2.75, 3.05) is 7.11 Å². The van der Waals surface area contributed by atoms with E-state index in [0.717, 1.165) is 23.7 Å². The molecule has 3 nitrogen and oxygen atoms in total. The minimum absolute atomic E-state index is 0.427. The summed E-state index contributed by atoms with van der Waals surface area (Å²) in [7, 11) is 1.51. The van der Waals surface area contributed by atoms with Crippen molar-refractivity contribution < 1.29 is 9.53 Å². The summed E-state index contributed by atoms with van der Waals surface area (Å²) in [5, 5.41) is 1.29. The van der Waals surface area contributed by atoms with Crippen LogP contribution in [0.15, 0.2) is 48.7 Å². The zero-order valence-electron chi connectivity index (χ0n) is 11.5. The molecule has 106 valence electrons. The number of aldehydes is 1. The lowest BCUT2D eigenvalue weighted by Gasteiger charge is -2.10. The first-order valence-corrected chi connectivity index (χ1v) is 6.97. The van der Waals surface area contributed by atoms with Crippen molar-refractivity contribution in [1.82, 2.24) is 4.57 Å². The van der Waals surface area contributed by atoms with Crippen molar-refractivity contribution in [2.24, 2.45) is 0 Å². The van der Waals surface area contributed by atoms with Gasteiger partial charge in [-0.1, -0.05) is 41.9 Å². The molecule has 0 saturated heterocycles. The Morgan fingerprint density at radius 1 is 1.24 bits per heavy atom. The summed E-state index contributed by atoms with van der Waals surface area (Å²) < 4.78 is 7.30. The summed E-state index contributed by atoms with van der Waals surface area (Å²) >= 11 is 6.22. The van der Waals surface area contributed by atoms with Gasteiger partial charge in [-0.15, -0.1) is 0 Å². The second-order valence-corrected chi connectivity index (χ2v) is 5.19. The van der Waals surface area contributed by atoms with Crippen molar-refractivity contribution in [3.8, 4) is 5.75 Å². The monoisotopic (exact) mass is 299 g/mol. The Labute approximate surface area is 127 Å². The fourth-order valence-electron chi connectivity index (χ4n) is 2.55. The molecule has 0 amide bonds. The molecule has 0 fully saturated rings. The molecule has 0 atom stereocenters. The van der Waals surface area contributed by atoms with E-state index in [1.54, 1.807) is 0 Å². The molecule has 0 radical (unpaired) electrons. The molecule has 0 N–H and O–H groups in total. The molecule has 3 rings (SSSR count). The molecule has 1 aromatic heterocycles. The summed E-state index contributed by atoms with van der Waals surface area (Å²) in [6, 6.07) is 13.9. The molecular formula is C17H14ClNO2. The van der Waals surface area contributed by atoms with E-state index in [2.05, 4.69) is 16.7 Å². The Hall–Kier alpha value is -2.26. The van der Waals surface area contributed by atoms with Crippen LogP contribution in [0.4, 0.5) is 0 Å². The maximum Gasteiger partial charge on any atom is 0.154 e. The third-order valence-electron chi connectivity index (χ3n) is 3.54. The van der Waals surface area contributed by atoms with Gasteiger partial charge in [0.2, 0.25) is 0 Å². The van der Waals surface area contributed by atoms with Crippen LogP contribution in [0.2, 0.25) is 5.02 Å². The highest BCUT2D eigenvalue weighted by Crippen LogP contribution is 2.35. The second kappa shape index (κ2) is 5.62. The average molecular weight is 300 g/mol. The van der Waals surface area contributed by atoms with Gasteiger partial charge >= 0.3 is 0 Å². The lowest BCUT2D eigenvalue weighted by Crippen LogP contribution is -1.99. The van der Waals surface area contributed by atoms with E-state index in [0.29, 0.717) is 16.3 Å². The minimum atomic E-state index is 0.427. The Morgan fingerprint density at radius 3 is 2.67 bits per heavy atom. The molecule has 4 heteroatoms. The number of nitrogens with zero attached hydrogens (tertiary/aromatic N) is 1. The van der Waals surface area contributed by atoms with Crippen LogP contribution < -0.4 is 4.74 Å². The van der Waals surface area contributed by atoms with E-state index in [1.165, 1.54) is 12.7 Å². The third-order valence-corrected chi connectivity index (χ3v) is 3.82. The molecule has 3 aromatic rings. The summed E-state index contributed by atoms with van der Waals surface area (Å²) in [4.78, 5) is 11.4. The van der Waals surface area contributed by atoms with Gasteiger partial charge < -0.3 is 9.30 Å². The van der Waals surface area contributed by atoms with Crippen molar-refractivity contribution in [3.05, 3.63) is 64.8 Å². The number of ether oxygens (including phenoxy) is 1. The molecule has 0 unspecified atom stereocenters. The highest BCUT2D eigenvalue weighted by atomic mass is 35.5. The zero-order valence-corrected chi connectivity index (χ0v) is 12.3. The SMILES string of the molecule is COc1c(Cl)cc2c(ccn2Cc2ccccc2)c1C=O. The van der Waals surface area contributed by atoms with Crippen molar-refractivity contribution in [3.63, 3.8) is 0 Å². The Morgan fingerprint density at radius 2 is 2.00 bits per heavy atom. The van der Waals surface area contributed by atoms with Gasteiger partial charge in [-0.3, -0.25) is 4.79 Å². The van der Waals surface area contributed by atoms with E-state index >= 15 is 0 Å². The molecule has 0 saturated carbocycles. The van der Waals surface area contributed by atoms with Crippen LogP contribution in [0.5, 0.6) is 5.75 Å². The number of halogens is 1. The van der Waals surface area contributed by atoms with Gasteiger partial charge in [-0.25, -0.2) is 0 Å². The maximum atomic E-state index is 11.4. The third kappa shape index (κ3) is 2.41. The first-order chi connectivity index (χ1) is 10.2. The van der Waals surface area contributed by atoms with Crippen LogP contribution in [0.3, 0.4) is 0 Å². The van der Waals surface area contributed by atoms with E-state index < -0.39 is 0 Å². The lowest BCUT2D eigenvalue weighted by atomic mass is 10.1. The normalized spacial score (nSPS) is 10.8. The molecule has 2 aromatic carbocycles. The number of rotatable bonds is 4. The van der Waals surface area contributed by atoms with Crippen LogP contribution >= 0.6 is 11.6 Å². The average Bonchev–Trinajstić information content (AvgIpc) is 2.89. The fourth-order valence-corrected chi connectivity index (χ4v) is 2.83. The topological polar surface area (TPSA) is 31.2 Å². The smallest absolute Gasteiger partial charge is 0.154 e. The van der Waals surface area contributed by atoms with Gasteiger partial charge in [0.25, 0.3) is 0 Å². The number of carbonyl (C=O) groups is 1. The number of hydrogen-bond acceptors (Lipinski definition) is 2. The van der Waals surface area contributed by atoms with Crippen LogP contribution in [0.1, 0.15) is 15.9 Å². The Balaban J connectivity index is 2.14. The fraction of sp³-hybridized carbons (Fsp3) is 0.118. The molecular weight excluding hydrogens is 286 g/mol. The van der Waals surface area contributed by atoms with Gasteiger partial charge in [-0.2, -0.15) is 0 Å². The van der Waals surface area contributed by atoms with Gasteiger partial charge in [-0.05, 0) is 17.7 Å². The number of fused-ring (bicyclic) bond motifs is 1. The summed E-state index contributed by atoms with van der Waals surface area (Å²) in [5.74, 6) is 0.427. The van der Waals surface area contributed by atoms with Crippen molar-refractivity contribution in [2.45, 2.75) is 6.54 Å². The van der Waals surface area contributed by atoms with E-state index in [1.807, 2.05) is 36.5 Å². The highest BCUT2D eigenvalue weighted by molar-refractivity contribution is 6.33. The Bertz CT molecular complexity index is 793. The second-order valence-electron chi connectivity index (χ2n) is 4.79.